The van der Waals surface area contributed by atoms with Gasteiger partial charge in [-0.05, 0) is 48.2 Å². The van der Waals surface area contributed by atoms with Gasteiger partial charge in [0.1, 0.15) is 11.3 Å². The first kappa shape index (κ1) is 18.5. The molecule has 3 aromatic heterocycles. The molecule has 6 nitrogen and oxygen atoms in total. The van der Waals surface area contributed by atoms with Crippen LogP contribution in [0.25, 0.3) is 33.4 Å². The first-order valence-electron chi connectivity index (χ1n) is 10.2. The monoisotopic (exact) mass is 398 g/mol. The molecule has 0 saturated carbocycles. The van der Waals surface area contributed by atoms with Crippen molar-refractivity contribution in [2.24, 2.45) is 0 Å². The van der Waals surface area contributed by atoms with E-state index in [4.69, 9.17) is 0 Å². The van der Waals surface area contributed by atoms with Crippen molar-refractivity contribution in [2.75, 3.05) is 13.1 Å². The summed E-state index contributed by atoms with van der Waals surface area (Å²) in [5, 5.41) is 10.7. The second-order valence-corrected chi connectivity index (χ2v) is 7.66. The van der Waals surface area contributed by atoms with E-state index in [2.05, 4.69) is 39.2 Å². The van der Waals surface area contributed by atoms with Crippen molar-refractivity contribution in [3.8, 4) is 22.4 Å². The highest BCUT2D eigenvalue weighted by atomic mass is 16.3. The van der Waals surface area contributed by atoms with Gasteiger partial charge >= 0.3 is 0 Å². The first-order chi connectivity index (χ1) is 14.7. The Morgan fingerprint density at radius 1 is 0.967 bits per heavy atom. The van der Waals surface area contributed by atoms with Gasteiger partial charge < -0.3 is 15.0 Å². The Hall–Kier alpha value is -3.51. The molecule has 0 radical (unpaired) electrons. The molecule has 4 aromatic rings. The lowest BCUT2D eigenvalue weighted by Gasteiger charge is -2.29. The fourth-order valence-corrected chi connectivity index (χ4v) is 3.90. The van der Waals surface area contributed by atoms with Crippen LogP contribution in [0.5, 0.6) is 0 Å². The molecule has 30 heavy (non-hydrogen) atoms. The Balaban J connectivity index is 1.44. The Morgan fingerprint density at radius 3 is 2.57 bits per heavy atom. The maximum atomic E-state index is 12.8. The number of aliphatic hydroxyl groups excluding tert-OH is 1. The van der Waals surface area contributed by atoms with E-state index in [1.807, 2.05) is 36.5 Å². The minimum absolute atomic E-state index is 0.0919. The number of pyridine rings is 2. The number of benzene rings is 1. The lowest BCUT2D eigenvalue weighted by atomic mass is 10.1. The number of carbonyl (C=O) groups is 1. The van der Waals surface area contributed by atoms with Crippen LogP contribution in [0.4, 0.5) is 0 Å². The maximum absolute atomic E-state index is 12.8. The van der Waals surface area contributed by atoms with Crippen LogP contribution in [-0.4, -0.2) is 50.1 Å². The van der Waals surface area contributed by atoms with E-state index in [0.29, 0.717) is 31.6 Å². The summed E-state index contributed by atoms with van der Waals surface area (Å²) in [4.78, 5) is 26.8. The zero-order valence-corrected chi connectivity index (χ0v) is 16.5. The van der Waals surface area contributed by atoms with E-state index >= 15 is 0 Å². The van der Waals surface area contributed by atoms with Gasteiger partial charge in [0, 0.05) is 42.1 Å². The zero-order valence-electron chi connectivity index (χ0n) is 16.5. The average molecular weight is 398 g/mol. The summed E-state index contributed by atoms with van der Waals surface area (Å²) in [6, 6.07) is 18.0. The van der Waals surface area contributed by atoms with Crippen molar-refractivity contribution in [3.05, 3.63) is 72.7 Å². The van der Waals surface area contributed by atoms with Crippen LogP contribution in [-0.2, 0) is 0 Å². The van der Waals surface area contributed by atoms with Gasteiger partial charge in [0.2, 0.25) is 0 Å². The van der Waals surface area contributed by atoms with Crippen molar-refractivity contribution < 1.29 is 9.90 Å². The van der Waals surface area contributed by atoms with E-state index < -0.39 is 0 Å². The third-order valence-corrected chi connectivity index (χ3v) is 5.62. The molecule has 0 spiro atoms. The predicted molar refractivity (Wildman–Crippen MR) is 116 cm³/mol. The molecule has 0 atom stereocenters. The Morgan fingerprint density at radius 2 is 1.77 bits per heavy atom. The molecule has 2 N–H and O–H groups in total. The van der Waals surface area contributed by atoms with Gasteiger partial charge in [-0.2, -0.15) is 0 Å². The number of aromatic nitrogens is 3. The van der Waals surface area contributed by atoms with Crippen molar-refractivity contribution in [2.45, 2.75) is 18.9 Å². The third kappa shape index (κ3) is 3.57. The summed E-state index contributed by atoms with van der Waals surface area (Å²) in [7, 11) is 0. The van der Waals surface area contributed by atoms with Crippen molar-refractivity contribution in [1.82, 2.24) is 19.9 Å². The first-order valence-corrected chi connectivity index (χ1v) is 10.2. The molecule has 1 aromatic carbocycles. The number of aromatic amines is 1. The maximum Gasteiger partial charge on any atom is 0.272 e. The van der Waals surface area contributed by atoms with E-state index in [1.165, 1.54) is 0 Å². The van der Waals surface area contributed by atoms with Gasteiger partial charge in [0.25, 0.3) is 5.91 Å². The number of hydrogen-bond acceptors (Lipinski definition) is 4. The molecule has 1 fully saturated rings. The normalized spacial score (nSPS) is 14.9. The SMILES string of the molecule is O=C(c1cc(-c2cnc3[nH]c(-c4ccccc4)cc3c2)ccn1)N1CCC(O)CC1. The van der Waals surface area contributed by atoms with Crippen LogP contribution >= 0.6 is 0 Å². The van der Waals surface area contributed by atoms with Crippen molar-refractivity contribution in [3.63, 3.8) is 0 Å². The van der Waals surface area contributed by atoms with Crippen molar-refractivity contribution in [1.29, 1.82) is 0 Å². The van der Waals surface area contributed by atoms with Crippen LogP contribution in [0, 0.1) is 0 Å². The molecular weight excluding hydrogens is 376 g/mol. The molecule has 4 heterocycles. The summed E-state index contributed by atoms with van der Waals surface area (Å²) in [6.07, 6.45) is 4.40. The number of hydrogen-bond donors (Lipinski definition) is 2. The molecule has 1 saturated heterocycles. The summed E-state index contributed by atoms with van der Waals surface area (Å²) in [5.41, 5.74) is 5.22. The quantitative estimate of drug-likeness (QED) is 0.549. The van der Waals surface area contributed by atoms with Crippen LogP contribution in [0.1, 0.15) is 23.3 Å². The van der Waals surface area contributed by atoms with E-state index in [1.54, 1.807) is 11.1 Å². The lowest BCUT2D eigenvalue weighted by Crippen LogP contribution is -2.40. The van der Waals surface area contributed by atoms with Gasteiger partial charge in [0.05, 0.1) is 6.10 Å². The lowest BCUT2D eigenvalue weighted by molar-refractivity contribution is 0.0541. The molecule has 150 valence electrons. The van der Waals surface area contributed by atoms with Crippen LogP contribution in [0.3, 0.4) is 0 Å². The number of likely N-dealkylation sites (tertiary alicyclic amines) is 1. The molecule has 0 unspecified atom stereocenters. The number of amides is 1. The predicted octanol–water partition coefficient (Wildman–Crippen LogP) is 3.89. The molecule has 0 bridgehead atoms. The molecule has 1 aliphatic heterocycles. The number of fused-ring (bicyclic) bond motifs is 1. The number of nitrogens with zero attached hydrogens (tertiary/aromatic N) is 3. The minimum atomic E-state index is -0.312. The number of piperidine rings is 1. The summed E-state index contributed by atoms with van der Waals surface area (Å²) >= 11 is 0. The number of H-pyrrole nitrogens is 1. The van der Waals surface area contributed by atoms with Crippen molar-refractivity contribution >= 4 is 16.9 Å². The standard InChI is InChI=1S/C24H22N4O2/c29-20-7-10-28(11-8-20)24(30)22-13-17(6-9-25-22)19-12-18-14-21(27-23(18)26-15-19)16-4-2-1-3-5-16/h1-6,9,12-15,20,29H,7-8,10-11H2,(H,26,27). The Labute approximate surface area is 174 Å². The minimum Gasteiger partial charge on any atom is -0.393 e. The summed E-state index contributed by atoms with van der Waals surface area (Å²) < 4.78 is 0. The number of rotatable bonds is 3. The molecule has 6 heteroatoms. The molecule has 1 aliphatic rings. The van der Waals surface area contributed by atoms with Crippen LogP contribution in [0.2, 0.25) is 0 Å². The molecular formula is C24H22N4O2. The molecule has 1 amide bonds. The largest absolute Gasteiger partial charge is 0.393 e. The Bertz CT molecular complexity index is 1190. The van der Waals surface area contributed by atoms with E-state index in [-0.39, 0.29) is 12.0 Å². The topological polar surface area (TPSA) is 82.1 Å². The fourth-order valence-electron chi connectivity index (χ4n) is 3.90. The van der Waals surface area contributed by atoms with Crippen LogP contribution < -0.4 is 0 Å². The van der Waals surface area contributed by atoms with E-state index in [9.17, 15) is 9.90 Å². The smallest absolute Gasteiger partial charge is 0.272 e. The molecule has 5 rings (SSSR count). The highest BCUT2D eigenvalue weighted by Gasteiger charge is 2.23. The zero-order chi connectivity index (χ0) is 20.5. The van der Waals surface area contributed by atoms with Gasteiger partial charge in [-0.15, -0.1) is 0 Å². The Kier molecular flexibility index (Phi) is 4.77. The average Bonchev–Trinajstić information content (AvgIpc) is 3.23. The van der Waals surface area contributed by atoms with E-state index in [0.717, 1.165) is 33.4 Å². The fraction of sp³-hybridized carbons (Fsp3) is 0.208. The molecule has 0 aliphatic carbocycles. The second kappa shape index (κ2) is 7.72. The highest BCUT2D eigenvalue weighted by molar-refractivity contribution is 5.94. The second-order valence-electron chi connectivity index (χ2n) is 7.66. The van der Waals surface area contributed by atoms with Gasteiger partial charge in [-0.1, -0.05) is 30.3 Å². The summed E-state index contributed by atoms with van der Waals surface area (Å²) in [6.45, 7) is 1.12. The number of nitrogens with one attached hydrogen (secondary N) is 1. The van der Waals surface area contributed by atoms with Gasteiger partial charge in [-0.3, -0.25) is 9.78 Å². The number of aliphatic hydroxyl groups is 1. The van der Waals surface area contributed by atoms with Gasteiger partial charge in [0.15, 0.2) is 0 Å². The third-order valence-electron chi connectivity index (χ3n) is 5.62. The highest BCUT2D eigenvalue weighted by Crippen LogP contribution is 2.27. The number of carbonyl (C=O) groups excluding carboxylic acids is 1. The summed E-state index contributed by atoms with van der Waals surface area (Å²) in [5.74, 6) is -0.0919. The van der Waals surface area contributed by atoms with Crippen LogP contribution in [0.15, 0.2) is 67.0 Å². The van der Waals surface area contributed by atoms with Gasteiger partial charge in [-0.25, -0.2) is 4.98 Å².